The first-order valence-electron chi connectivity index (χ1n) is 5.56. The zero-order valence-electron chi connectivity index (χ0n) is 10.7. The van der Waals surface area contributed by atoms with Crippen LogP contribution in [0, 0.1) is 21.4 Å². The molecule has 0 saturated carbocycles. The van der Waals surface area contributed by atoms with E-state index in [1.807, 2.05) is 6.07 Å². The molecule has 0 fully saturated rings. The molecule has 1 aromatic carbocycles. The van der Waals surface area contributed by atoms with Gasteiger partial charge in [-0.2, -0.15) is 5.26 Å². The van der Waals surface area contributed by atoms with Crippen molar-refractivity contribution in [2.24, 2.45) is 0 Å². The van der Waals surface area contributed by atoms with Gasteiger partial charge in [0.2, 0.25) is 0 Å². The van der Waals surface area contributed by atoms with Gasteiger partial charge in [-0.15, -0.1) is 0 Å². The third-order valence-corrected chi connectivity index (χ3v) is 2.56. The number of nitrogens with zero attached hydrogens (tertiary/aromatic N) is 3. The Morgan fingerprint density at radius 1 is 1.63 bits per heavy atom. The molecule has 1 atom stereocenters. The summed E-state index contributed by atoms with van der Waals surface area (Å²) in [6.45, 7) is 0.342. The topological polar surface area (TPSA) is 99.6 Å². The van der Waals surface area contributed by atoms with E-state index in [0.29, 0.717) is 5.69 Å². The number of likely N-dealkylation sites (N-methyl/N-ethyl adjacent to an activating group) is 1. The van der Waals surface area contributed by atoms with Gasteiger partial charge in [0.05, 0.1) is 29.3 Å². The minimum absolute atomic E-state index is 0.147. The number of nitro benzene ring substituents is 1. The van der Waals surface area contributed by atoms with Crippen molar-refractivity contribution in [2.45, 2.75) is 6.10 Å². The van der Waals surface area contributed by atoms with Crippen LogP contribution in [-0.4, -0.2) is 43.4 Å². The molecule has 102 valence electrons. The second kappa shape index (κ2) is 6.68. The number of ether oxygens (including phenoxy) is 1. The first-order chi connectivity index (χ1) is 8.99. The number of nitriles is 1. The highest BCUT2D eigenvalue weighted by atomic mass is 16.6. The summed E-state index contributed by atoms with van der Waals surface area (Å²) in [5, 5.41) is 29.4. The molecular formula is C12H15N3O4. The number of rotatable bonds is 6. The second-order valence-corrected chi connectivity index (χ2v) is 4.06. The highest BCUT2D eigenvalue weighted by Crippen LogP contribution is 2.28. The maximum absolute atomic E-state index is 11.0. The van der Waals surface area contributed by atoms with Crippen LogP contribution in [-0.2, 0) is 4.74 Å². The molecule has 1 unspecified atom stereocenters. The van der Waals surface area contributed by atoms with Gasteiger partial charge < -0.3 is 14.7 Å². The Balaban J connectivity index is 2.99. The second-order valence-electron chi connectivity index (χ2n) is 4.06. The number of benzene rings is 1. The predicted octanol–water partition coefficient (Wildman–Crippen LogP) is 0.910. The summed E-state index contributed by atoms with van der Waals surface area (Å²) in [6, 6.07) is 6.07. The molecule has 7 nitrogen and oxygen atoms in total. The number of hydrogen-bond acceptors (Lipinski definition) is 6. The van der Waals surface area contributed by atoms with Gasteiger partial charge in [-0.05, 0) is 12.1 Å². The lowest BCUT2D eigenvalue weighted by molar-refractivity contribution is -0.384. The molecule has 0 amide bonds. The van der Waals surface area contributed by atoms with Crippen LogP contribution < -0.4 is 4.90 Å². The van der Waals surface area contributed by atoms with Gasteiger partial charge in [0.1, 0.15) is 5.69 Å². The normalized spacial score (nSPS) is 11.7. The minimum atomic E-state index is -0.745. The van der Waals surface area contributed by atoms with E-state index in [1.165, 1.54) is 25.3 Å². The van der Waals surface area contributed by atoms with E-state index < -0.39 is 11.0 Å². The van der Waals surface area contributed by atoms with Gasteiger partial charge in [0.25, 0.3) is 5.69 Å². The van der Waals surface area contributed by atoms with E-state index in [9.17, 15) is 15.2 Å². The van der Waals surface area contributed by atoms with E-state index in [0.717, 1.165) is 0 Å². The van der Waals surface area contributed by atoms with Crippen LogP contribution in [0.4, 0.5) is 11.4 Å². The van der Waals surface area contributed by atoms with E-state index in [1.54, 1.807) is 11.9 Å². The first-order valence-corrected chi connectivity index (χ1v) is 5.56. The minimum Gasteiger partial charge on any atom is -0.389 e. The summed E-state index contributed by atoms with van der Waals surface area (Å²) in [7, 11) is 3.10. The summed E-state index contributed by atoms with van der Waals surface area (Å²) in [6.07, 6.45) is -0.745. The predicted molar refractivity (Wildman–Crippen MR) is 69.0 cm³/mol. The molecule has 0 heterocycles. The number of aliphatic hydroxyl groups is 1. The summed E-state index contributed by atoms with van der Waals surface area (Å²) in [5.41, 5.74) is 0.409. The lowest BCUT2D eigenvalue weighted by Crippen LogP contribution is -2.32. The lowest BCUT2D eigenvalue weighted by Gasteiger charge is -2.22. The van der Waals surface area contributed by atoms with Gasteiger partial charge in [-0.1, -0.05) is 0 Å². The van der Waals surface area contributed by atoms with Crippen molar-refractivity contribution in [3.8, 4) is 6.07 Å². The van der Waals surface area contributed by atoms with Crippen molar-refractivity contribution in [3.05, 3.63) is 33.9 Å². The summed E-state index contributed by atoms with van der Waals surface area (Å²) >= 11 is 0. The SMILES string of the molecule is COCC(O)CN(C)c1ccc(C#N)cc1[N+](=O)[O-]. The average molecular weight is 265 g/mol. The zero-order valence-corrected chi connectivity index (χ0v) is 10.7. The molecule has 0 aliphatic carbocycles. The fraction of sp³-hybridized carbons (Fsp3) is 0.417. The Hall–Kier alpha value is -2.17. The quantitative estimate of drug-likeness (QED) is 0.606. The maximum atomic E-state index is 11.0. The van der Waals surface area contributed by atoms with Crippen LogP contribution in [0.1, 0.15) is 5.56 Å². The zero-order chi connectivity index (χ0) is 14.4. The molecule has 0 aliphatic rings. The average Bonchev–Trinajstić information content (AvgIpc) is 2.38. The lowest BCUT2D eigenvalue weighted by atomic mass is 10.1. The fourth-order valence-corrected chi connectivity index (χ4v) is 1.72. The molecule has 1 rings (SSSR count). The highest BCUT2D eigenvalue weighted by Gasteiger charge is 2.19. The van der Waals surface area contributed by atoms with Crippen molar-refractivity contribution >= 4 is 11.4 Å². The summed E-state index contributed by atoms with van der Waals surface area (Å²) in [4.78, 5) is 12.0. The van der Waals surface area contributed by atoms with E-state index in [2.05, 4.69) is 0 Å². The maximum Gasteiger partial charge on any atom is 0.293 e. The number of hydrogen-bond donors (Lipinski definition) is 1. The molecule has 0 aromatic heterocycles. The Kier molecular flexibility index (Phi) is 5.23. The van der Waals surface area contributed by atoms with Gasteiger partial charge in [-0.3, -0.25) is 10.1 Å². The molecule has 0 radical (unpaired) electrons. The number of anilines is 1. The first kappa shape index (κ1) is 14.9. The fourth-order valence-electron chi connectivity index (χ4n) is 1.72. The van der Waals surface area contributed by atoms with Crippen LogP contribution in [0.5, 0.6) is 0 Å². The van der Waals surface area contributed by atoms with Crippen molar-refractivity contribution in [1.82, 2.24) is 0 Å². The van der Waals surface area contributed by atoms with Crippen LogP contribution in [0.3, 0.4) is 0 Å². The van der Waals surface area contributed by atoms with Gasteiger partial charge in [0.15, 0.2) is 0 Å². The molecule has 0 saturated heterocycles. The van der Waals surface area contributed by atoms with Crippen LogP contribution in [0.15, 0.2) is 18.2 Å². The third kappa shape index (κ3) is 3.91. The van der Waals surface area contributed by atoms with Crippen LogP contribution in [0.2, 0.25) is 0 Å². The standard InChI is InChI=1S/C12H15N3O4/c1-14(7-10(16)8-19-2)11-4-3-9(6-13)5-12(11)15(17)18/h3-5,10,16H,7-8H2,1-2H3. The Bertz CT molecular complexity index is 498. The van der Waals surface area contributed by atoms with Crippen molar-refractivity contribution in [2.75, 3.05) is 32.2 Å². The molecule has 1 N–H and O–H groups in total. The molecule has 1 aromatic rings. The van der Waals surface area contributed by atoms with Crippen molar-refractivity contribution < 1.29 is 14.8 Å². The molecule has 0 bridgehead atoms. The molecule has 7 heteroatoms. The number of nitro groups is 1. The van der Waals surface area contributed by atoms with Crippen LogP contribution >= 0.6 is 0 Å². The molecule has 0 spiro atoms. The monoisotopic (exact) mass is 265 g/mol. The number of methoxy groups -OCH3 is 1. The number of aliphatic hydroxyl groups excluding tert-OH is 1. The van der Waals surface area contributed by atoms with E-state index in [4.69, 9.17) is 10.00 Å². The Morgan fingerprint density at radius 2 is 2.32 bits per heavy atom. The molecule has 0 aliphatic heterocycles. The van der Waals surface area contributed by atoms with Crippen molar-refractivity contribution in [3.63, 3.8) is 0 Å². The molecular weight excluding hydrogens is 250 g/mol. The Morgan fingerprint density at radius 3 is 2.84 bits per heavy atom. The van der Waals surface area contributed by atoms with Crippen LogP contribution in [0.25, 0.3) is 0 Å². The third-order valence-electron chi connectivity index (χ3n) is 2.56. The largest absolute Gasteiger partial charge is 0.389 e. The van der Waals surface area contributed by atoms with Gasteiger partial charge >= 0.3 is 0 Å². The smallest absolute Gasteiger partial charge is 0.293 e. The summed E-state index contributed by atoms with van der Waals surface area (Å²) in [5.74, 6) is 0. The van der Waals surface area contributed by atoms with E-state index in [-0.39, 0.29) is 24.4 Å². The van der Waals surface area contributed by atoms with Gasteiger partial charge in [-0.25, -0.2) is 0 Å². The Labute approximate surface area is 110 Å². The van der Waals surface area contributed by atoms with Gasteiger partial charge in [0, 0.05) is 26.8 Å². The van der Waals surface area contributed by atoms with Crippen molar-refractivity contribution in [1.29, 1.82) is 5.26 Å². The summed E-state index contributed by atoms with van der Waals surface area (Å²) < 4.78 is 4.80. The van der Waals surface area contributed by atoms with E-state index >= 15 is 0 Å². The molecule has 19 heavy (non-hydrogen) atoms. The highest BCUT2D eigenvalue weighted by molar-refractivity contribution is 5.65.